The van der Waals surface area contributed by atoms with Gasteiger partial charge in [0, 0.05) is 18.6 Å². The van der Waals surface area contributed by atoms with Crippen molar-refractivity contribution in [2.45, 2.75) is 58.9 Å². The molecule has 0 aromatic rings. The molecule has 0 amide bonds. The summed E-state index contributed by atoms with van der Waals surface area (Å²) < 4.78 is 0. The fourth-order valence-corrected chi connectivity index (χ4v) is 3.45. The molecule has 1 heterocycles. The normalized spacial score (nSPS) is 20.4. The second-order valence-electron chi connectivity index (χ2n) is 6.08. The molecule has 0 saturated carbocycles. The van der Waals surface area contributed by atoms with Crippen molar-refractivity contribution >= 4 is 0 Å². The highest BCUT2D eigenvalue weighted by Gasteiger charge is 2.38. The summed E-state index contributed by atoms with van der Waals surface area (Å²) in [7, 11) is 0. The summed E-state index contributed by atoms with van der Waals surface area (Å²) in [4.78, 5) is 5.25. The maximum Gasteiger partial charge on any atom is 0.0356 e. The van der Waals surface area contributed by atoms with Crippen LogP contribution in [0.15, 0.2) is 0 Å². The standard InChI is InChI=1S/C16H35N3/c1-5-15(6-2)13-19(8-4)16(14-17)9-11-18(7-3)12-10-16/h15H,5-14,17H2,1-4H3. The lowest BCUT2D eigenvalue weighted by molar-refractivity contribution is 0.0202. The monoisotopic (exact) mass is 269 g/mol. The topological polar surface area (TPSA) is 32.5 Å². The van der Waals surface area contributed by atoms with Crippen LogP contribution in [0.3, 0.4) is 0 Å². The number of nitrogens with zero attached hydrogens (tertiary/aromatic N) is 2. The maximum absolute atomic E-state index is 6.20. The lowest BCUT2D eigenvalue weighted by Crippen LogP contribution is -2.60. The smallest absolute Gasteiger partial charge is 0.0356 e. The van der Waals surface area contributed by atoms with Crippen LogP contribution in [-0.2, 0) is 0 Å². The van der Waals surface area contributed by atoms with Gasteiger partial charge in [0.2, 0.25) is 0 Å². The van der Waals surface area contributed by atoms with Gasteiger partial charge < -0.3 is 10.6 Å². The number of likely N-dealkylation sites (tertiary alicyclic amines) is 1. The van der Waals surface area contributed by atoms with Crippen molar-refractivity contribution in [2.24, 2.45) is 11.7 Å². The Morgan fingerprint density at radius 2 is 1.68 bits per heavy atom. The Morgan fingerprint density at radius 1 is 1.11 bits per heavy atom. The lowest BCUT2D eigenvalue weighted by Gasteiger charge is -2.49. The number of hydrogen-bond donors (Lipinski definition) is 1. The third-order valence-electron chi connectivity index (χ3n) is 5.30. The largest absolute Gasteiger partial charge is 0.329 e. The molecule has 0 bridgehead atoms. The molecule has 0 aromatic carbocycles. The van der Waals surface area contributed by atoms with Gasteiger partial charge in [-0.2, -0.15) is 0 Å². The summed E-state index contributed by atoms with van der Waals surface area (Å²) in [5.41, 5.74) is 6.47. The van der Waals surface area contributed by atoms with Crippen molar-refractivity contribution in [3.8, 4) is 0 Å². The quantitative estimate of drug-likeness (QED) is 0.735. The van der Waals surface area contributed by atoms with E-state index < -0.39 is 0 Å². The first-order valence-electron chi connectivity index (χ1n) is 8.33. The molecule has 0 radical (unpaired) electrons. The molecule has 0 aromatic heterocycles. The third kappa shape index (κ3) is 4.17. The van der Waals surface area contributed by atoms with E-state index in [4.69, 9.17) is 5.73 Å². The van der Waals surface area contributed by atoms with Crippen LogP contribution in [0.5, 0.6) is 0 Å². The molecule has 1 aliphatic rings. The predicted molar refractivity (Wildman–Crippen MR) is 84.5 cm³/mol. The highest BCUT2D eigenvalue weighted by molar-refractivity contribution is 4.96. The van der Waals surface area contributed by atoms with Crippen molar-refractivity contribution in [2.75, 3.05) is 39.3 Å². The van der Waals surface area contributed by atoms with Crippen molar-refractivity contribution in [1.29, 1.82) is 0 Å². The summed E-state index contributed by atoms with van der Waals surface area (Å²) >= 11 is 0. The molecule has 19 heavy (non-hydrogen) atoms. The average molecular weight is 269 g/mol. The number of nitrogens with two attached hydrogens (primary N) is 1. The Kier molecular flexibility index (Phi) is 7.33. The summed E-state index contributed by atoms with van der Waals surface area (Å²) in [6, 6.07) is 0. The van der Waals surface area contributed by atoms with Gasteiger partial charge in [-0.1, -0.05) is 40.5 Å². The van der Waals surface area contributed by atoms with Crippen LogP contribution in [0.1, 0.15) is 53.4 Å². The molecule has 1 fully saturated rings. The molecule has 1 rings (SSSR count). The van der Waals surface area contributed by atoms with Crippen molar-refractivity contribution in [3.05, 3.63) is 0 Å². The molecule has 0 aliphatic carbocycles. The fourth-order valence-electron chi connectivity index (χ4n) is 3.45. The van der Waals surface area contributed by atoms with E-state index in [0.717, 1.165) is 19.0 Å². The molecule has 0 unspecified atom stereocenters. The minimum atomic E-state index is 0.267. The SMILES string of the molecule is CCC(CC)CN(CC)C1(CN)CCN(CC)CC1. The van der Waals surface area contributed by atoms with Gasteiger partial charge >= 0.3 is 0 Å². The first kappa shape index (κ1) is 16.9. The van der Waals surface area contributed by atoms with Crippen LogP contribution in [0.2, 0.25) is 0 Å². The predicted octanol–water partition coefficient (Wildman–Crippen LogP) is 2.56. The van der Waals surface area contributed by atoms with E-state index in [-0.39, 0.29) is 5.54 Å². The third-order valence-corrected chi connectivity index (χ3v) is 5.30. The van der Waals surface area contributed by atoms with E-state index in [1.165, 1.54) is 51.9 Å². The minimum absolute atomic E-state index is 0.267. The summed E-state index contributed by atoms with van der Waals surface area (Å²) in [6.45, 7) is 16.0. The molecule has 3 heteroatoms. The van der Waals surface area contributed by atoms with Gasteiger partial charge in [-0.3, -0.25) is 4.90 Å². The highest BCUT2D eigenvalue weighted by atomic mass is 15.2. The zero-order valence-electron chi connectivity index (χ0n) is 13.6. The van der Waals surface area contributed by atoms with Gasteiger partial charge in [0.05, 0.1) is 0 Å². The number of hydrogen-bond acceptors (Lipinski definition) is 3. The molecule has 114 valence electrons. The van der Waals surface area contributed by atoms with Crippen LogP contribution in [-0.4, -0.2) is 54.6 Å². The van der Waals surface area contributed by atoms with Gasteiger partial charge in [0.15, 0.2) is 0 Å². The zero-order valence-corrected chi connectivity index (χ0v) is 13.6. The van der Waals surface area contributed by atoms with Gasteiger partial charge in [-0.15, -0.1) is 0 Å². The van der Waals surface area contributed by atoms with E-state index in [1.54, 1.807) is 0 Å². The molecule has 2 N–H and O–H groups in total. The second-order valence-corrected chi connectivity index (χ2v) is 6.08. The van der Waals surface area contributed by atoms with Gasteiger partial charge in [-0.05, 0) is 44.9 Å². The van der Waals surface area contributed by atoms with Crippen molar-refractivity contribution < 1.29 is 0 Å². The maximum atomic E-state index is 6.20. The Labute approximate surface area is 120 Å². The van der Waals surface area contributed by atoms with Gasteiger partial charge in [-0.25, -0.2) is 0 Å². The lowest BCUT2D eigenvalue weighted by atomic mass is 9.84. The molecular formula is C16H35N3. The van der Waals surface area contributed by atoms with Gasteiger partial charge in [0.25, 0.3) is 0 Å². The molecular weight excluding hydrogens is 234 g/mol. The summed E-state index contributed by atoms with van der Waals surface area (Å²) in [6.07, 6.45) is 5.06. The highest BCUT2D eigenvalue weighted by Crippen LogP contribution is 2.29. The number of likely N-dealkylation sites (N-methyl/N-ethyl adjacent to an activating group) is 1. The fraction of sp³-hybridized carbons (Fsp3) is 1.00. The Balaban J connectivity index is 2.69. The van der Waals surface area contributed by atoms with E-state index in [0.29, 0.717) is 0 Å². The van der Waals surface area contributed by atoms with Crippen LogP contribution >= 0.6 is 0 Å². The van der Waals surface area contributed by atoms with Gasteiger partial charge in [0.1, 0.15) is 0 Å². The van der Waals surface area contributed by atoms with Crippen LogP contribution < -0.4 is 5.73 Å². The Morgan fingerprint density at radius 3 is 2.05 bits per heavy atom. The van der Waals surface area contributed by atoms with E-state index in [9.17, 15) is 0 Å². The van der Waals surface area contributed by atoms with E-state index in [1.807, 2.05) is 0 Å². The average Bonchev–Trinajstić information content (AvgIpc) is 2.48. The Bertz CT molecular complexity index is 230. The molecule has 1 saturated heterocycles. The number of rotatable bonds is 8. The summed E-state index contributed by atoms with van der Waals surface area (Å²) in [5, 5.41) is 0. The summed E-state index contributed by atoms with van der Waals surface area (Å²) in [5.74, 6) is 0.826. The zero-order chi connectivity index (χ0) is 14.3. The van der Waals surface area contributed by atoms with Crippen LogP contribution in [0, 0.1) is 5.92 Å². The van der Waals surface area contributed by atoms with Crippen LogP contribution in [0.25, 0.3) is 0 Å². The minimum Gasteiger partial charge on any atom is -0.329 e. The van der Waals surface area contributed by atoms with Crippen LogP contribution in [0.4, 0.5) is 0 Å². The molecule has 0 atom stereocenters. The number of piperidine rings is 1. The molecule has 1 aliphatic heterocycles. The molecule has 3 nitrogen and oxygen atoms in total. The second kappa shape index (κ2) is 8.23. The Hall–Kier alpha value is -0.120. The van der Waals surface area contributed by atoms with Crippen molar-refractivity contribution in [3.63, 3.8) is 0 Å². The first-order chi connectivity index (χ1) is 9.15. The van der Waals surface area contributed by atoms with Crippen molar-refractivity contribution in [1.82, 2.24) is 9.80 Å². The van der Waals surface area contributed by atoms with E-state index >= 15 is 0 Å². The molecule has 0 spiro atoms. The van der Waals surface area contributed by atoms with E-state index in [2.05, 4.69) is 37.5 Å². The first-order valence-corrected chi connectivity index (χ1v) is 8.33.